The summed E-state index contributed by atoms with van der Waals surface area (Å²) < 4.78 is 13.8. The van der Waals surface area contributed by atoms with Crippen molar-refractivity contribution in [2.45, 2.75) is 18.4 Å². The first kappa shape index (κ1) is 18.6. The molecule has 31 heavy (non-hydrogen) atoms. The first-order valence-electron chi connectivity index (χ1n) is 11.0. The van der Waals surface area contributed by atoms with Crippen LogP contribution in [0.1, 0.15) is 24.1 Å². The zero-order valence-electron chi connectivity index (χ0n) is 17.8. The highest BCUT2D eigenvalue weighted by Gasteiger charge is 2.41. The molecule has 0 unspecified atom stereocenters. The largest absolute Gasteiger partial charge is 0.497 e. The summed E-state index contributed by atoms with van der Waals surface area (Å²) in [5.74, 6) is 1.88. The van der Waals surface area contributed by atoms with Gasteiger partial charge in [-0.2, -0.15) is 0 Å². The van der Waals surface area contributed by atoms with Gasteiger partial charge in [0.15, 0.2) is 0 Å². The minimum absolute atomic E-state index is 0.0383. The Morgan fingerprint density at radius 3 is 2.81 bits per heavy atom. The van der Waals surface area contributed by atoms with E-state index in [1.807, 2.05) is 18.2 Å². The van der Waals surface area contributed by atoms with E-state index >= 15 is 0 Å². The second-order valence-corrected chi connectivity index (χ2v) is 8.76. The van der Waals surface area contributed by atoms with Crippen LogP contribution in [0.2, 0.25) is 0 Å². The lowest BCUT2D eigenvalue weighted by Gasteiger charge is -2.46. The fourth-order valence-electron chi connectivity index (χ4n) is 5.27. The fourth-order valence-corrected chi connectivity index (χ4v) is 5.27. The van der Waals surface area contributed by atoms with Gasteiger partial charge in [-0.15, -0.1) is 0 Å². The summed E-state index contributed by atoms with van der Waals surface area (Å²) in [6.07, 6.45) is 6.61. The zero-order valence-corrected chi connectivity index (χ0v) is 17.8. The molecule has 4 heterocycles. The first-order valence-corrected chi connectivity index (χ1v) is 11.0. The van der Waals surface area contributed by atoms with Crippen molar-refractivity contribution in [3.63, 3.8) is 0 Å². The predicted octanol–water partition coefficient (Wildman–Crippen LogP) is 4.68. The molecule has 0 bridgehead atoms. The van der Waals surface area contributed by atoms with Crippen LogP contribution in [0.3, 0.4) is 0 Å². The summed E-state index contributed by atoms with van der Waals surface area (Å²) in [5.41, 5.74) is 6.20. The van der Waals surface area contributed by atoms with Gasteiger partial charge in [-0.25, -0.2) is 0 Å². The molecule has 0 saturated carbocycles. The van der Waals surface area contributed by atoms with Crippen molar-refractivity contribution < 1.29 is 9.47 Å². The van der Waals surface area contributed by atoms with E-state index in [0.717, 1.165) is 49.7 Å². The number of piperidine rings is 1. The third-order valence-electron chi connectivity index (χ3n) is 6.90. The number of aromatic nitrogens is 1. The van der Waals surface area contributed by atoms with Crippen molar-refractivity contribution in [3.05, 3.63) is 77.6 Å². The molecule has 158 valence electrons. The molecule has 6 rings (SSSR count). The quantitative estimate of drug-likeness (QED) is 0.677. The Labute approximate surface area is 182 Å². The Bertz CT molecular complexity index is 1150. The Morgan fingerprint density at radius 1 is 1.06 bits per heavy atom. The third kappa shape index (κ3) is 3.12. The molecule has 2 aromatic carbocycles. The third-order valence-corrected chi connectivity index (χ3v) is 6.90. The number of para-hydroxylation sites is 1. The molecule has 0 radical (unpaired) electrons. The van der Waals surface area contributed by atoms with Gasteiger partial charge >= 0.3 is 0 Å². The molecule has 1 fully saturated rings. The Balaban J connectivity index is 1.21. The number of nitrogens with zero attached hydrogens (tertiary/aromatic N) is 2. The summed E-state index contributed by atoms with van der Waals surface area (Å²) in [6, 6.07) is 19.0. The number of hydrogen-bond acceptors (Lipinski definition) is 4. The van der Waals surface area contributed by atoms with E-state index in [0.29, 0.717) is 6.61 Å². The minimum Gasteiger partial charge on any atom is -0.497 e. The fraction of sp³-hybridized carbons (Fsp3) is 0.308. The summed E-state index contributed by atoms with van der Waals surface area (Å²) in [4.78, 5) is 2.56. The lowest BCUT2D eigenvalue weighted by molar-refractivity contribution is 0.175. The number of likely N-dealkylation sites (tertiary alicyclic amines) is 1. The van der Waals surface area contributed by atoms with Crippen LogP contribution in [0.5, 0.6) is 11.5 Å². The Kier molecular flexibility index (Phi) is 4.32. The highest BCUT2D eigenvalue weighted by Crippen LogP contribution is 2.44. The van der Waals surface area contributed by atoms with Gasteiger partial charge in [0.2, 0.25) is 0 Å². The van der Waals surface area contributed by atoms with Crippen LogP contribution >= 0.6 is 0 Å². The van der Waals surface area contributed by atoms with Crippen LogP contribution in [0, 0.1) is 0 Å². The summed E-state index contributed by atoms with van der Waals surface area (Å²) in [5, 5.41) is 3.90. The normalized spacial score (nSPS) is 18.8. The van der Waals surface area contributed by atoms with Gasteiger partial charge in [-0.1, -0.05) is 18.2 Å². The number of benzene rings is 2. The lowest BCUT2D eigenvalue weighted by Crippen LogP contribution is -2.50. The second-order valence-electron chi connectivity index (χ2n) is 8.76. The number of methoxy groups -OCH3 is 1. The van der Waals surface area contributed by atoms with E-state index in [2.05, 4.69) is 63.5 Å². The molecule has 1 spiro atoms. The van der Waals surface area contributed by atoms with Crippen molar-refractivity contribution in [2.75, 3.05) is 38.7 Å². The molecule has 0 aliphatic carbocycles. The molecule has 1 N–H and O–H groups in total. The van der Waals surface area contributed by atoms with E-state index in [4.69, 9.17) is 9.47 Å². The van der Waals surface area contributed by atoms with Crippen LogP contribution in [0.25, 0.3) is 11.8 Å². The molecule has 3 aromatic rings. The van der Waals surface area contributed by atoms with Crippen molar-refractivity contribution in [1.29, 1.82) is 0 Å². The van der Waals surface area contributed by atoms with E-state index in [9.17, 15) is 0 Å². The first-order chi connectivity index (χ1) is 15.2. The molecular formula is C26H27N3O2. The van der Waals surface area contributed by atoms with Crippen LogP contribution < -0.4 is 14.8 Å². The smallest absolute Gasteiger partial charge is 0.127 e. The lowest BCUT2D eigenvalue weighted by atomic mass is 9.82. The van der Waals surface area contributed by atoms with Gasteiger partial charge in [-0.05, 0) is 54.8 Å². The van der Waals surface area contributed by atoms with Gasteiger partial charge in [0, 0.05) is 43.2 Å². The minimum atomic E-state index is -0.0383. The number of nitrogens with one attached hydrogen (secondary N) is 1. The summed E-state index contributed by atoms with van der Waals surface area (Å²) >= 11 is 0. The molecule has 1 aromatic heterocycles. The molecule has 5 heteroatoms. The maximum absolute atomic E-state index is 5.96. The average Bonchev–Trinajstić information content (AvgIpc) is 3.32. The van der Waals surface area contributed by atoms with Gasteiger partial charge < -0.3 is 19.4 Å². The molecule has 0 atom stereocenters. The molecular weight excluding hydrogens is 386 g/mol. The van der Waals surface area contributed by atoms with Crippen molar-refractivity contribution in [1.82, 2.24) is 9.47 Å². The van der Waals surface area contributed by atoms with Gasteiger partial charge in [0.25, 0.3) is 0 Å². The second kappa shape index (κ2) is 7.20. The van der Waals surface area contributed by atoms with E-state index in [1.165, 1.54) is 22.5 Å². The number of ether oxygens (including phenoxy) is 2. The van der Waals surface area contributed by atoms with Crippen molar-refractivity contribution in [2.24, 2.45) is 0 Å². The van der Waals surface area contributed by atoms with Gasteiger partial charge in [-0.3, -0.25) is 4.90 Å². The molecule has 3 aliphatic rings. The molecule has 0 amide bonds. The van der Waals surface area contributed by atoms with E-state index in [1.54, 1.807) is 7.11 Å². The molecule has 1 saturated heterocycles. The maximum Gasteiger partial charge on any atom is 0.127 e. The van der Waals surface area contributed by atoms with Crippen molar-refractivity contribution >= 4 is 11.8 Å². The van der Waals surface area contributed by atoms with Crippen LogP contribution in [0.4, 0.5) is 5.69 Å². The molecule has 3 aliphatic heterocycles. The Morgan fingerprint density at radius 2 is 1.94 bits per heavy atom. The number of fused-ring (bicyclic) bond motifs is 5. The van der Waals surface area contributed by atoms with E-state index < -0.39 is 0 Å². The summed E-state index contributed by atoms with van der Waals surface area (Å²) in [6.45, 7) is 3.76. The number of anilines is 1. The van der Waals surface area contributed by atoms with Gasteiger partial charge in [0.05, 0.1) is 24.0 Å². The predicted molar refractivity (Wildman–Crippen MR) is 123 cm³/mol. The Hall–Kier alpha value is -3.18. The van der Waals surface area contributed by atoms with Crippen LogP contribution in [-0.4, -0.2) is 42.8 Å². The standard InChI is InChI=1S/C26H27N3O2/c1-30-21-8-9-23-22(16-21)27-26(25-7-4-12-29(23)25)10-13-28(14-11-26)17-19-15-20-5-2-3-6-24(20)31-18-19/h2-9,12,15-16,27H,10-11,13-14,17-18H2,1H3. The average molecular weight is 414 g/mol. The highest BCUT2D eigenvalue weighted by molar-refractivity contribution is 5.69. The van der Waals surface area contributed by atoms with Crippen molar-refractivity contribution in [3.8, 4) is 17.2 Å². The van der Waals surface area contributed by atoms with Crippen LogP contribution in [0.15, 0.2) is 66.4 Å². The SMILES string of the molecule is COc1ccc2c(c1)NC1(CCN(CC3=Cc4ccccc4OC3)CC1)c1cccn1-2. The monoisotopic (exact) mass is 413 g/mol. The highest BCUT2D eigenvalue weighted by atomic mass is 16.5. The van der Waals surface area contributed by atoms with Crippen LogP contribution in [-0.2, 0) is 5.54 Å². The summed E-state index contributed by atoms with van der Waals surface area (Å²) in [7, 11) is 1.72. The zero-order chi connectivity index (χ0) is 20.8. The van der Waals surface area contributed by atoms with E-state index in [-0.39, 0.29) is 5.54 Å². The topological polar surface area (TPSA) is 38.7 Å². The number of rotatable bonds is 3. The van der Waals surface area contributed by atoms with Gasteiger partial charge in [0.1, 0.15) is 18.1 Å². The number of hydrogen-bond donors (Lipinski definition) is 1. The molecule has 5 nitrogen and oxygen atoms in total. The maximum atomic E-state index is 5.96.